The zero-order chi connectivity index (χ0) is 26.9. The van der Waals surface area contributed by atoms with Crippen molar-refractivity contribution in [1.29, 1.82) is 0 Å². The molecule has 10 heteroatoms. The van der Waals surface area contributed by atoms with Crippen molar-refractivity contribution < 1.29 is 33.8 Å². The number of allylic oxidation sites excluding steroid dienone is 1. The van der Waals surface area contributed by atoms with Gasteiger partial charge in [-0.1, -0.05) is 50.8 Å². The van der Waals surface area contributed by atoms with Gasteiger partial charge in [0.15, 0.2) is 0 Å². The first-order chi connectivity index (χ1) is 17.2. The Kier molecular flexibility index (Phi) is 15.3. The second-order valence-electron chi connectivity index (χ2n) is 8.86. The van der Waals surface area contributed by atoms with Crippen molar-refractivity contribution in [2.45, 2.75) is 40.0 Å². The van der Waals surface area contributed by atoms with Crippen molar-refractivity contribution in [2.75, 3.05) is 46.8 Å². The van der Waals surface area contributed by atoms with Gasteiger partial charge in [-0.15, -0.1) is 0 Å². The van der Waals surface area contributed by atoms with Crippen LogP contribution in [-0.4, -0.2) is 79.8 Å². The lowest BCUT2D eigenvalue weighted by molar-refractivity contribution is -0.159. The summed E-state index contributed by atoms with van der Waals surface area (Å²) in [6.45, 7) is 10.3. The van der Waals surface area contributed by atoms with Gasteiger partial charge in [-0.2, -0.15) is 5.06 Å². The number of hydrogen-bond donors (Lipinski definition) is 2. The number of imide groups is 1. The predicted octanol–water partition coefficient (Wildman–Crippen LogP) is 3.21. The Morgan fingerprint density at radius 3 is 2.36 bits per heavy atom. The van der Waals surface area contributed by atoms with Crippen LogP contribution in [0.15, 0.2) is 42.6 Å². The van der Waals surface area contributed by atoms with Crippen molar-refractivity contribution in [2.24, 2.45) is 11.8 Å². The minimum atomic E-state index is -0.779. The smallest absolute Gasteiger partial charge is 0.324 e. The number of carbonyl (C=O) groups excluding carboxylic acids is 3. The van der Waals surface area contributed by atoms with Crippen LogP contribution in [0.1, 0.15) is 39.2 Å². The molecule has 1 aromatic carbocycles. The van der Waals surface area contributed by atoms with Crippen LogP contribution in [-0.2, 0) is 30.2 Å². The highest BCUT2D eigenvalue weighted by atomic mass is 16.7. The molecule has 0 radical (unpaired) electrons. The number of benzene rings is 1. The standard InChI is InChI=1S/C26H41N3O7/c1-20(2)17-23(18-24(30)29(33)21(3)4)25(31)28(13-11-22-9-7-6-8-10-22)26(32)27-12-14-35-19-36-16-15-34-5/h6-10,20,23,33H,3,11-19H2,1-2,4-5H3,(H,27,32)/t23-/m1/s1. The normalized spacial score (nSPS) is 11.7. The number of carbonyl (C=O) groups is 3. The van der Waals surface area contributed by atoms with E-state index in [1.807, 2.05) is 44.2 Å². The summed E-state index contributed by atoms with van der Waals surface area (Å²) in [6, 6.07) is 8.95. The average Bonchev–Trinajstić information content (AvgIpc) is 2.84. The van der Waals surface area contributed by atoms with E-state index >= 15 is 0 Å². The number of amides is 4. The van der Waals surface area contributed by atoms with Gasteiger partial charge < -0.3 is 19.5 Å². The summed E-state index contributed by atoms with van der Waals surface area (Å²) in [7, 11) is 1.58. The van der Waals surface area contributed by atoms with E-state index in [2.05, 4.69) is 11.9 Å². The van der Waals surface area contributed by atoms with E-state index in [-0.39, 0.29) is 44.5 Å². The Bertz CT molecular complexity index is 817. The average molecular weight is 508 g/mol. The molecule has 10 nitrogen and oxygen atoms in total. The van der Waals surface area contributed by atoms with Gasteiger partial charge in [-0.3, -0.25) is 19.7 Å². The molecule has 0 saturated heterocycles. The molecule has 202 valence electrons. The Morgan fingerprint density at radius 2 is 1.75 bits per heavy atom. The molecule has 0 saturated carbocycles. The van der Waals surface area contributed by atoms with Crippen LogP contribution in [0.2, 0.25) is 0 Å². The number of hydrogen-bond acceptors (Lipinski definition) is 7. The van der Waals surface area contributed by atoms with E-state index in [4.69, 9.17) is 14.2 Å². The zero-order valence-corrected chi connectivity index (χ0v) is 21.9. The number of ether oxygens (including phenoxy) is 3. The lowest BCUT2D eigenvalue weighted by Crippen LogP contribution is -2.49. The van der Waals surface area contributed by atoms with Crippen molar-refractivity contribution in [3.05, 3.63) is 48.2 Å². The van der Waals surface area contributed by atoms with Crippen LogP contribution >= 0.6 is 0 Å². The summed E-state index contributed by atoms with van der Waals surface area (Å²) in [5.41, 5.74) is 1.13. The number of methoxy groups -OCH3 is 1. The van der Waals surface area contributed by atoms with Crippen LogP contribution in [0.4, 0.5) is 4.79 Å². The topological polar surface area (TPSA) is 118 Å². The van der Waals surface area contributed by atoms with Gasteiger partial charge in [0.1, 0.15) is 6.79 Å². The molecule has 1 rings (SSSR count). The molecular weight excluding hydrogens is 466 g/mol. The Hall–Kier alpha value is -2.79. The fourth-order valence-electron chi connectivity index (χ4n) is 3.41. The van der Waals surface area contributed by atoms with E-state index in [1.54, 1.807) is 7.11 Å². The molecule has 0 aliphatic carbocycles. The maximum absolute atomic E-state index is 13.5. The molecule has 0 unspecified atom stereocenters. The summed E-state index contributed by atoms with van der Waals surface area (Å²) in [5, 5.41) is 13.1. The maximum atomic E-state index is 13.5. The second-order valence-corrected chi connectivity index (χ2v) is 8.86. The number of hydroxylamine groups is 2. The lowest BCUT2D eigenvalue weighted by Gasteiger charge is -2.28. The van der Waals surface area contributed by atoms with Gasteiger partial charge >= 0.3 is 6.03 Å². The SMILES string of the molecule is C=C(C)N(O)C(=O)C[C@@H](CC(C)C)C(=O)N(CCc1ccccc1)C(=O)NCCOCOCCOC. The van der Waals surface area contributed by atoms with Crippen molar-refractivity contribution in [3.63, 3.8) is 0 Å². The third-order valence-electron chi connectivity index (χ3n) is 5.22. The Morgan fingerprint density at radius 1 is 1.08 bits per heavy atom. The second kappa shape index (κ2) is 17.6. The van der Waals surface area contributed by atoms with Crippen LogP contribution in [0.5, 0.6) is 0 Å². The summed E-state index contributed by atoms with van der Waals surface area (Å²) in [6.07, 6.45) is 0.604. The minimum absolute atomic E-state index is 0.0643. The first-order valence-electron chi connectivity index (χ1n) is 12.1. The van der Waals surface area contributed by atoms with Gasteiger partial charge in [0.2, 0.25) is 5.91 Å². The maximum Gasteiger partial charge on any atom is 0.324 e. The van der Waals surface area contributed by atoms with E-state index in [1.165, 1.54) is 6.92 Å². The molecule has 0 aliphatic heterocycles. The third-order valence-corrected chi connectivity index (χ3v) is 5.22. The first kappa shape index (κ1) is 31.2. The molecule has 0 aliphatic rings. The molecule has 0 heterocycles. The van der Waals surface area contributed by atoms with Gasteiger partial charge in [0, 0.05) is 38.2 Å². The van der Waals surface area contributed by atoms with E-state index in [0.29, 0.717) is 31.1 Å². The quantitative estimate of drug-likeness (QED) is 0.144. The van der Waals surface area contributed by atoms with E-state index in [0.717, 1.165) is 10.5 Å². The Balaban J connectivity index is 2.88. The molecular formula is C26H41N3O7. The van der Waals surface area contributed by atoms with Crippen LogP contribution in [0.25, 0.3) is 0 Å². The lowest BCUT2D eigenvalue weighted by atomic mass is 9.92. The summed E-state index contributed by atoms with van der Waals surface area (Å²) >= 11 is 0. The summed E-state index contributed by atoms with van der Waals surface area (Å²) in [5.74, 6) is -1.80. The fraction of sp³-hybridized carbons (Fsp3) is 0.577. The molecule has 1 atom stereocenters. The van der Waals surface area contributed by atoms with Crippen molar-refractivity contribution in [1.82, 2.24) is 15.3 Å². The Labute approximate surface area is 214 Å². The summed E-state index contributed by atoms with van der Waals surface area (Å²) in [4.78, 5) is 40.2. The zero-order valence-electron chi connectivity index (χ0n) is 21.9. The van der Waals surface area contributed by atoms with Gasteiger partial charge in [-0.05, 0) is 31.2 Å². The fourth-order valence-corrected chi connectivity index (χ4v) is 3.41. The van der Waals surface area contributed by atoms with Crippen LogP contribution < -0.4 is 5.32 Å². The third kappa shape index (κ3) is 12.3. The van der Waals surface area contributed by atoms with E-state index in [9.17, 15) is 19.6 Å². The molecule has 0 spiro atoms. The molecule has 0 bridgehead atoms. The highest BCUT2D eigenvalue weighted by Gasteiger charge is 2.32. The predicted molar refractivity (Wildman–Crippen MR) is 135 cm³/mol. The van der Waals surface area contributed by atoms with E-state index < -0.39 is 23.8 Å². The highest BCUT2D eigenvalue weighted by Crippen LogP contribution is 2.21. The van der Waals surface area contributed by atoms with Gasteiger partial charge in [0.05, 0.1) is 19.8 Å². The molecule has 1 aromatic rings. The number of rotatable bonds is 17. The molecule has 0 aromatic heterocycles. The van der Waals surface area contributed by atoms with Crippen LogP contribution in [0, 0.1) is 11.8 Å². The molecule has 0 fully saturated rings. The molecule has 2 N–H and O–H groups in total. The molecule has 4 amide bonds. The monoisotopic (exact) mass is 507 g/mol. The number of nitrogens with one attached hydrogen (secondary N) is 1. The molecule has 36 heavy (non-hydrogen) atoms. The number of urea groups is 1. The number of nitrogens with zero attached hydrogens (tertiary/aromatic N) is 2. The van der Waals surface area contributed by atoms with Gasteiger partial charge in [-0.25, -0.2) is 4.79 Å². The highest BCUT2D eigenvalue weighted by molar-refractivity contribution is 5.97. The van der Waals surface area contributed by atoms with Crippen LogP contribution in [0.3, 0.4) is 0 Å². The van der Waals surface area contributed by atoms with Crippen molar-refractivity contribution in [3.8, 4) is 0 Å². The minimum Gasteiger partial charge on any atom is -0.382 e. The largest absolute Gasteiger partial charge is 0.382 e. The summed E-state index contributed by atoms with van der Waals surface area (Å²) < 4.78 is 15.4. The van der Waals surface area contributed by atoms with Crippen molar-refractivity contribution >= 4 is 17.8 Å². The van der Waals surface area contributed by atoms with Gasteiger partial charge in [0.25, 0.3) is 5.91 Å². The first-order valence-corrected chi connectivity index (χ1v) is 12.1.